The summed E-state index contributed by atoms with van der Waals surface area (Å²) in [6, 6.07) is 13.1. The first-order valence-electron chi connectivity index (χ1n) is 7.87. The second-order valence-electron chi connectivity index (χ2n) is 5.18. The Morgan fingerprint density at radius 1 is 1.12 bits per heavy atom. The molecule has 0 saturated heterocycles. The second-order valence-corrected chi connectivity index (χ2v) is 5.18. The van der Waals surface area contributed by atoms with Crippen molar-refractivity contribution < 1.29 is 27.8 Å². The van der Waals surface area contributed by atoms with Crippen molar-refractivity contribution in [2.75, 3.05) is 6.61 Å². The average molecular weight is 359 g/mol. The zero-order valence-corrected chi connectivity index (χ0v) is 13.8. The van der Waals surface area contributed by atoms with E-state index in [1.54, 1.807) is 42.5 Å². The molecule has 0 saturated carbocycles. The molecular weight excluding hydrogens is 344 g/mol. The van der Waals surface area contributed by atoms with E-state index in [1.165, 1.54) is 12.1 Å². The summed E-state index contributed by atoms with van der Waals surface area (Å²) in [6.07, 6.45) is 1.34. The van der Waals surface area contributed by atoms with Gasteiger partial charge in [-0.1, -0.05) is 30.3 Å². The molecule has 7 heteroatoms. The van der Waals surface area contributed by atoms with Gasteiger partial charge in [-0.3, -0.25) is 0 Å². The quantitative estimate of drug-likeness (QED) is 0.577. The largest absolute Gasteiger partial charge is 0.493 e. The van der Waals surface area contributed by atoms with Gasteiger partial charge in [-0.05, 0) is 31.2 Å². The number of carbonyl (C=O) groups is 1. The van der Waals surface area contributed by atoms with Gasteiger partial charge >= 0.3 is 12.6 Å². The van der Waals surface area contributed by atoms with E-state index in [-0.39, 0.29) is 17.3 Å². The number of rotatable bonds is 6. The molecule has 5 nitrogen and oxygen atoms in total. The van der Waals surface area contributed by atoms with Gasteiger partial charge in [0.25, 0.3) is 0 Å². The first-order chi connectivity index (χ1) is 12.6. The molecule has 0 aromatic heterocycles. The maximum Gasteiger partial charge on any atom is 0.387 e. The Morgan fingerprint density at radius 3 is 2.54 bits per heavy atom. The van der Waals surface area contributed by atoms with E-state index in [9.17, 15) is 13.6 Å². The lowest BCUT2D eigenvalue weighted by Crippen LogP contribution is -2.08. The molecule has 0 amide bonds. The van der Waals surface area contributed by atoms with E-state index >= 15 is 0 Å². The third kappa shape index (κ3) is 3.88. The average Bonchev–Trinajstić information content (AvgIpc) is 2.97. The molecule has 0 atom stereocenters. The topological polar surface area (TPSA) is 57.1 Å². The van der Waals surface area contributed by atoms with Gasteiger partial charge in [0.2, 0.25) is 5.90 Å². The van der Waals surface area contributed by atoms with Crippen molar-refractivity contribution >= 4 is 17.9 Å². The molecule has 2 aromatic carbocycles. The van der Waals surface area contributed by atoms with Crippen LogP contribution in [0.25, 0.3) is 6.08 Å². The van der Waals surface area contributed by atoms with E-state index in [1.807, 2.05) is 6.92 Å². The Labute approximate surface area is 148 Å². The number of para-hydroxylation sites is 2. The summed E-state index contributed by atoms with van der Waals surface area (Å²) in [4.78, 5) is 16.3. The number of ether oxygens (including phenoxy) is 3. The highest BCUT2D eigenvalue weighted by Crippen LogP contribution is 2.28. The highest BCUT2D eigenvalue weighted by molar-refractivity contribution is 6.13. The van der Waals surface area contributed by atoms with Crippen molar-refractivity contribution in [2.24, 2.45) is 4.99 Å². The van der Waals surface area contributed by atoms with E-state index in [4.69, 9.17) is 9.47 Å². The zero-order valence-electron chi connectivity index (χ0n) is 13.8. The number of benzene rings is 2. The van der Waals surface area contributed by atoms with Crippen LogP contribution in [-0.4, -0.2) is 25.1 Å². The van der Waals surface area contributed by atoms with Gasteiger partial charge in [0, 0.05) is 5.56 Å². The lowest BCUT2D eigenvalue weighted by molar-refractivity contribution is -0.129. The van der Waals surface area contributed by atoms with Crippen LogP contribution in [0.1, 0.15) is 18.1 Å². The van der Waals surface area contributed by atoms with Crippen molar-refractivity contribution in [1.82, 2.24) is 0 Å². The van der Waals surface area contributed by atoms with Gasteiger partial charge in [0.1, 0.15) is 11.5 Å². The van der Waals surface area contributed by atoms with Crippen molar-refractivity contribution in [2.45, 2.75) is 13.5 Å². The number of aliphatic imine (C=N–C) groups is 1. The van der Waals surface area contributed by atoms with Gasteiger partial charge < -0.3 is 14.2 Å². The monoisotopic (exact) mass is 359 g/mol. The predicted molar refractivity (Wildman–Crippen MR) is 91.3 cm³/mol. The molecule has 0 aliphatic carbocycles. The van der Waals surface area contributed by atoms with Gasteiger partial charge in [-0.15, -0.1) is 0 Å². The lowest BCUT2D eigenvalue weighted by atomic mass is 10.1. The van der Waals surface area contributed by atoms with Crippen molar-refractivity contribution in [3.05, 3.63) is 65.4 Å². The van der Waals surface area contributed by atoms with Crippen molar-refractivity contribution in [1.29, 1.82) is 0 Å². The Morgan fingerprint density at radius 2 is 1.81 bits per heavy atom. The third-order valence-electron chi connectivity index (χ3n) is 3.47. The molecule has 26 heavy (non-hydrogen) atoms. The van der Waals surface area contributed by atoms with Gasteiger partial charge in [0.05, 0.1) is 12.2 Å². The van der Waals surface area contributed by atoms with Crippen LogP contribution in [0.2, 0.25) is 0 Å². The number of hydrogen-bond acceptors (Lipinski definition) is 5. The minimum absolute atomic E-state index is 0.0170. The van der Waals surface area contributed by atoms with Crippen LogP contribution in [0.5, 0.6) is 11.5 Å². The molecule has 0 radical (unpaired) electrons. The number of carbonyl (C=O) groups excluding carboxylic acids is 1. The molecule has 1 aliphatic rings. The molecule has 0 fully saturated rings. The fraction of sp³-hybridized carbons (Fsp3) is 0.158. The van der Waals surface area contributed by atoms with E-state index in [2.05, 4.69) is 9.73 Å². The molecular formula is C19H15F2NO4. The van der Waals surface area contributed by atoms with Gasteiger partial charge in [-0.2, -0.15) is 8.78 Å². The zero-order chi connectivity index (χ0) is 18.5. The summed E-state index contributed by atoms with van der Waals surface area (Å²) in [5.41, 5.74) is 0.808. The molecule has 0 N–H and O–H groups in total. The summed E-state index contributed by atoms with van der Waals surface area (Å²) in [6.45, 7) is -0.689. The summed E-state index contributed by atoms with van der Waals surface area (Å²) < 4.78 is 40.2. The lowest BCUT2D eigenvalue weighted by Gasteiger charge is -2.08. The Hall–Kier alpha value is -3.22. The first-order valence-corrected chi connectivity index (χ1v) is 7.87. The second kappa shape index (κ2) is 7.77. The highest BCUT2D eigenvalue weighted by atomic mass is 19.3. The van der Waals surface area contributed by atoms with Crippen LogP contribution < -0.4 is 9.47 Å². The summed E-state index contributed by atoms with van der Waals surface area (Å²) in [5.74, 6) is -0.110. The minimum atomic E-state index is -2.97. The number of alkyl halides is 2. The Balaban J connectivity index is 1.96. The van der Waals surface area contributed by atoms with Crippen LogP contribution in [0.3, 0.4) is 0 Å². The maximum absolute atomic E-state index is 12.5. The Bertz CT molecular complexity index is 877. The molecule has 3 rings (SSSR count). The first kappa shape index (κ1) is 17.6. The molecule has 1 aliphatic heterocycles. The Kier molecular flexibility index (Phi) is 5.26. The van der Waals surface area contributed by atoms with Crippen molar-refractivity contribution in [3.63, 3.8) is 0 Å². The van der Waals surface area contributed by atoms with Gasteiger partial charge in [0.15, 0.2) is 5.70 Å². The molecule has 0 spiro atoms. The number of esters is 1. The van der Waals surface area contributed by atoms with Crippen LogP contribution in [0.15, 0.2) is 59.2 Å². The fourth-order valence-electron chi connectivity index (χ4n) is 2.40. The SMILES string of the molecule is CCOc1ccccc1C1=NC(=Cc2ccccc2OC(F)F)C(=O)O1. The van der Waals surface area contributed by atoms with Crippen LogP contribution >= 0.6 is 0 Å². The van der Waals surface area contributed by atoms with Gasteiger partial charge in [-0.25, -0.2) is 9.79 Å². The summed E-state index contributed by atoms with van der Waals surface area (Å²) in [7, 11) is 0. The fourth-order valence-corrected chi connectivity index (χ4v) is 2.40. The molecule has 0 unspecified atom stereocenters. The molecule has 1 heterocycles. The molecule has 134 valence electrons. The van der Waals surface area contributed by atoms with Crippen LogP contribution in [0, 0.1) is 0 Å². The standard InChI is InChI=1S/C19H15F2NO4/c1-2-24-16-10-6-4-8-13(16)17-22-14(18(23)26-17)11-12-7-3-5-9-15(12)25-19(20)21/h3-11,19H,2H2,1H3. The van der Waals surface area contributed by atoms with Crippen LogP contribution in [-0.2, 0) is 9.53 Å². The van der Waals surface area contributed by atoms with E-state index < -0.39 is 12.6 Å². The highest BCUT2D eigenvalue weighted by Gasteiger charge is 2.26. The summed E-state index contributed by atoms with van der Waals surface area (Å²) >= 11 is 0. The summed E-state index contributed by atoms with van der Waals surface area (Å²) in [5, 5.41) is 0. The smallest absolute Gasteiger partial charge is 0.387 e. The van der Waals surface area contributed by atoms with Crippen molar-refractivity contribution in [3.8, 4) is 11.5 Å². The van der Waals surface area contributed by atoms with E-state index in [0.29, 0.717) is 23.5 Å². The van der Waals surface area contributed by atoms with E-state index in [0.717, 1.165) is 0 Å². The number of cyclic esters (lactones) is 1. The minimum Gasteiger partial charge on any atom is -0.493 e. The molecule has 0 bridgehead atoms. The number of halogens is 2. The van der Waals surface area contributed by atoms with Crippen LogP contribution in [0.4, 0.5) is 8.78 Å². The molecule has 2 aromatic rings. The number of nitrogens with zero attached hydrogens (tertiary/aromatic N) is 1. The third-order valence-corrected chi connectivity index (χ3v) is 3.47. The normalized spacial score (nSPS) is 15.2. The maximum atomic E-state index is 12.5. The predicted octanol–water partition coefficient (Wildman–Crippen LogP) is 4.03. The number of hydrogen-bond donors (Lipinski definition) is 0.